The quantitative estimate of drug-likeness (QED) is 0.865. The molecule has 0 amide bonds. The van der Waals surface area contributed by atoms with Gasteiger partial charge in [0.25, 0.3) is 0 Å². The summed E-state index contributed by atoms with van der Waals surface area (Å²) in [5.74, 6) is 0.929. The lowest BCUT2D eigenvalue weighted by Crippen LogP contribution is -2.51. The maximum absolute atomic E-state index is 3.51. The van der Waals surface area contributed by atoms with Gasteiger partial charge in [0.15, 0.2) is 0 Å². The van der Waals surface area contributed by atoms with Gasteiger partial charge < -0.3 is 15.1 Å². The number of hydrogen-bond donors (Lipinski definition) is 1. The third-order valence-corrected chi connectivity index (χ3v) is 7.09. The molecule has 1 spiro atoms. The normalized spacial score (nSPS) is 30.0. The molecule has 0 aliphatic carbocycles. The van der Waals surface area contributed by atoms with Gasteiger partial charge in [-0.25, -0.2) is 0 Å². The highest BCUT2D eigenvalue weighted by Gasteiger charge is 2.39. The van der Waals surface area contributed by atoms with Gasteiger partial charge >= 0.3 is 0 Å². The fourth-order valence-corrected chi connectivity index (χ4v) is 5.05. The molecule has 3 aliphatic rings. The number of rotatable bonds is 3. The molecule has 22 heavy (non-hydrogen) atoms. The van der Waals surface area contributed by atoms with Gasteiger partial charge in [-0.05, 0) is 110 Å². The van der Waals surface area contributed by atoms with E-state index >= 15 is 0 Å². The maximum atomic E-state index is 3.51. The smallest absolute Gasteiger partial charge is 0.00961 e. The molecule has 1 atom stereocenters. The van der Waals surface area contributed by atoms with Crippen LogP contribution in [0.5, 0.6) is 0 Å². The minimum absolute atomic E-state index is 0.690. The van der Waals surface area contributed by atoms with Crippen LogP contribution < -0.4 is 5.32 Å². The molecule has 3 rings (SSSR count). The predicted octanol–water partition coefficient (Wildman–Crippen LogP) is 2.96. The summed E-state index contributed by atoms with van der Waals surface area (Å²) in [6.45, 7) is 15.0. The van der Waals surface area contributed by atoms with Crippen molar-refractivity contribution in [1.29, 1.82) is 0 Å². The second kappa shape index (κ2) is 7.19. The molecule has 0 radical (unpaired) electrons. The van der Waals surface area contributed by atoms with Crippen molar-refractivity contribution >= 4 is 0 Å². The van der Waals surface area contributed by atoms with Crippen molar-refractivity contribution in [1.82, 2.24) is 15.1 Å². The van der Waals surface area contributed by atoms with E-state index in [4.69, 9.17) is 0 Å². The second-order valence-corrected chi connectivity index (χ2v) is 8.49. The molecular weight excluding hydrogens is 270 g/mol. The third kappa shape index (κ3) is 3.68. The van der Waals surface area contributed by atoms with Crippen LogP contribution >= 0.6 is 0 Å². The number of hydrogen-bond acceptors (Lipinski definition) is 3. The van der Waals surface area contributed by atoms with E-state index < -0.39 is 0 Å². The summed E-state index contributed by atoms with van der Waals surface area (Å²) in [5.41, 5.74) is 0.690. The first-order chi connectivity index (χ1) is 10.6. The van der Waals surface area contributed by atoms with Crippen LogP contribution in [0.4, 0.5) is 0 Å². The zero-order valence-corrected chi connectivity index (χ0v) is 15.1. The first-order valence-corrected chi connectivity index (χ1v) is 9.78. The summed E-state index contributed by atoms with van der Waals surface area (Å²) in [4.78, 5) is 5.49. The standard InChI is InChI=1S/C19H37N3/c1-16(2)21-12-6-19(7-13-21)8-14-22(15-9-19)17(3)18-4-10-20-11-5-18/h16-18,20H,4-15H2,1-3H3. The van der Waals surface area contributed by atoms with Crippen LogP contribution in [0.1, 0.15) is 59.3 Å². The van der Waals surface area contributed by atoms with E-state index in [1.807, 2.05) is 0 Å². The molecule has 0 aromatic rings. The van der Waals surface area contributed by atoms with Crippen LogP contribution in [0.15, 0.2) is 0 Å². The Balaban J connectivity index is 1.48. The van der Waals surface area contributed by atoms with Crippen LogP contribution in [0.25, 0.3) is 0 Å². The van der Waals surface area contributed by atoms with Crippen molar-refractivity contribution in [2.24, 2.45) is 11.3 Å². The molecule has 128 valence electrons. The fraction of sp³-hybridized carbons (Fsp3) is 1.00. The van der Waals surface area contributed by atoms with Crippen LogP contribution in [0.2, 0.25) is 0 Å². The fourth-order valence-electron chi connectivity index (χ4n) is 5.05. The van der Waals surface area contributed by atoms with Gasteiger partial charge in [0.2, 0.25) is 0 Å². The second-order valence-electron chi connectivity index (χ2n) is 8.49. The molecule has 0 bridgehead atoms. The van der Waals surface area contributed by atoms with Crippen molar-refractivity contribution in [3.63, 3.8) is 0 Å². The van der Waals surface area contributed by atoms with E-state index in [2.05, 4.69) is 35.9 Å². The summed E-state index contributed by atoms with van der Waals surface area (Å²) in [7, 11) is 0. The topological polar surface area (TPSA) is 18.5 Å². The van der Waals surface area contributed by atoms with E-state index in [0.29, 0.717) is 5.41 Å². The summed E-state index contributed by atoms with van der Waals surface area (Å²) in [6, 6.07) is 1.53. The van der Waals surface area contributed by atoms with E-state index in [0.717, 1.165) is 18.0 Å². The average Bonchev–Trinajstić information content (AvgIpc) is 2.56. The van der Waals surface area contributed by atoms with Gasteiger partial charge in [0, 0.05) is 12.1 Å². The number of likely N-dealkylation sites (tertiary alicyclic amines) is 2. The van der Waals surface area contributed by atoms with Gasteiger partial charge in [0.05, 0.1) is 0 Å². The van der Waals surface area contributed by atoms with Crippen molar-refractivity contribution in [2.45, 2.75) is 71.4 Å². The van der Waals surface area contributed by atoms with Crippen molar-refractivity contribution < 1.29 is 0 Å². The molecule has 1 unspecified atom stereocenters. The van der Waals surface area contributed by atoms with Gasteiger partial charge in [0.1, 0.15) is 0 Å². The van der Waals surface area contributed by atoms with E-state index in [1.54, 1.807) is 0 Å². The molecule has 3 nitrogen and oxygen atoms in total. The minimum Gasteiger partial charge on any atom is -0.317 e. The Labute approximate surface area is 137 Å². The third-order valence-electron chi connectivity index (χ3n) is 7.09. The largest absolute Gasteiger partial charge is 0.317 e. The van der Waals surface area contributed by atoms with Gasteiger partial charge in [-0.3, -0.25) is 0 Å². The van der Waals surface area contributed by atoms with Gasteiger partial charge in [-0.2, -0.15) is 0 Å². The summed E-state index contributed by atoms with van der Waals surface area (Å²) in [5, 5.41) is 3.51. The molecule has 0 aromatic carbocycles. The molecule has 3 heterocycles. The summed E-state index contributed by atoms with van der Waals surface area (Å²) < 4.78 is 0. The SMILES string of the molecule is CC(C)N1CCC2(CC1)CCN(C(C)C1CCNCC1)CC2. The first kappa shape index (κ1) is 16.7. The zero-order valence-electron chi connectivity index (χ0n) is 15.1. The highest BCUT2D eigenvalue weighted by molar-refractivity contribution is 4.93. The van der Waals surface area contributed by atoms with Gasteiger partial charge in [-0.15, -0.1) is 0 Å². The number of nitrogens with zero attached hydrogens (tertiary/aromatic N) is 2. The van der Waals surface area contributed by atoms with Crippen LogP contribution in [-0.2, 0) is 0 Å². The van der Waals surface area contributed by atoms with Crippen LogP contribution in [0.3, 0.4) is 0 Å². The van der Waals surface area contributed by atoms with Crippen molar-refractivity contribution in [3.8, 4) is 0 Å². The highest BCUT2D eigenvalue weighted by Crippen LogP contribution is 2.42. The summed E-state index contributed by atoms with van der Waals surface area (Å²) >= 11 is 0. The molecule has 3 saturated heterocycles. The Kier molecular flexibility index (Phi) is 5.47. The number of piperidine rings is 3. The zero-order chi connectivity index (χ0) is 15.6. The molecule has 3 fully saturated rings. The monoisotopic (exact) mass is 307 g/mol. The molecule has 0 saturated carbocycles. The average molecular weight is 308 g/mol. The van der Waals surface area contributed by atoms with Gasteiger partial charge in [-0.1, -0.05) is 0 Å². The lowest BCUT2D eigenvalue weighted by molar-refractivity contribution is 0.00325. The van der Waals surface area contributed by atoms with Crippen LogP contribution in [0, 0.1) is 11.3 Å². The highest BCUT2D eigenvalue weighted by atomic mass is 15.2. The van der Waals surface area contributed by atoms with E-state index in [1.165, 1.54) is 77.8 Å². The Morgan fingerprint density at radius 1 is 0.818 bits per heavy atom. The Morgan fingerprint density at radius 2 is 1.32 bits per heavy atom. The Bertz CT molecular complexity index is 331. The van der Waals surface area contributed by atoms with Crippen LogP contribution in [-0.4, -0.2) is 61.2 Å². The first-order valence-electron chi connectivity index (χ1n) is 9.78. The molecule has 3 heteroatoms. The minimum atomic E-state index is 0.690. The van der Waals surface area contributed by atoms with Crippen molar-refractivity contribution in [2.75, 3.05) is 39.3 Å². The number of nitrogens with one attached hydrogen (secondary N) is 1. The Hall–Kier alpha value is -0.120. The molecule has 3 aliphatic heterocycles. The van der Waals surface area contributed by atoms with Crippen molar-refractivity contribution in [3.05, 3.63) is 0 Å². The maximum Gasteiger partial charge on any atom is 0.00961 e. The molecular formula is C19H37N3. The van der Waals surface area contributed by atoms with E-state index in [-0.39, 0.29) is 0 Å². The van der Waals surface area contributed by atoms with E-state index in [9.17, 15) is 0 Å². The lowest BCUT2D eigenvalue weighted by atomic mass is 9.70. The lowest BCUT2D eigenvalue weighted by Gasteiger charge is -2.50. The summed E-state index contributed by atoms with van der Waals surface area (Å²) in [6.07, 6.45) is 8.56. The molecule has 0 aromatic heterocycles. The molecule has 1 N–H and O–H groups in total. The Morgan fingerprint density at radius 3 is 1.82 bits per heavy atom. The predicted molar refractivity (Wildman–Crippen MR) is 94.2 cm³/mol.